The van der Waals surface area contributed by atoms with Crippen LogP contribution in [0.4, 0.5) is 0 Å². The molecule has 3 rings (SSSR count). The van der Waals surface area contributed by atoms with Gasteiger partial charge in [0.05, 0.1) is 5.38 Å². The van der Waals surface area contributed by atoms with Gasteiger partial charge in [0.1, 0.15) is 0 Å². The fourth-order valence-electron chi connectivity index (χ4n) is 3.30. The summed E-state index contributed by atoms with van der Waals surface area (Å²) in [7, 11) is 0. The fraction of sp³-hybridized carbons (Fsp3) is 0.615. The van der Waals surface area contributed by atoms with Gasteiger partial charge >= 0.3 is 0 Å². The quantitative estimate of drug-likeness (QED) is 0.625. The van der Waals surface area contributed by atoms with Crippen molar-refractivity contribution in [3.63, 3.8) is 0 Å². The maximum atomic E-state index is 12.0. The van der Waals surface area contributed by atoms with Crippen LogP contribution < -0.4 is 0 Å². The van der Waals surface area contributed by atoms with Crippen LogP contribution >= 0.6 is 27.5 Å². The van der Waals surface area contributed by atoms with Crippen molar-refractivity contribution in [2.24, 2.45) is 11.8 Å². The molecule has 0 aromatic rings. The number of carbonyl (C=O) groups is 1. The van der Waals surface area contributed by atoms with Crippen LogP contribution in [0.5, 0.6) is 0 Å². The lowest BCUT2D eigenvalue weighted by Crippen LogP contribution is -2.40. The summed E-state index contributed by atoms with van der Waals surface area (Å²) < 4.78 is 0. The number of ketones is 1. The van der Waals surface area contributed by atoms with Crippen LogP contribution in [0.2, 0.25) is 0 Å². The molecule has 0 aromatic heterocycles. The van der Waals surface area contributed by atoms with E-state index >= 15 is 0 Å². The predicted octanol–water partition coefficient (Wildman–Crippen LogP) is 3.61. The van der Waals surface area contributed by atoms with Crippen LogP contribution in [0, 0.1) is 11.8 Å². The zero-order chi connectivity index (χ0) is 11.3. The number of carbonyl (C=O) groups excluding carboxylic acids is 1. The topological polar surface area (TPSA) is 17.1 Å². The number of halogens is 2. The van der Waals surface area contributed by atoms with Gasteiger partial charge in [-0.25, -0.2) is 0 Å². The highest BCUT2D eigenvalue weighted by atomic mass is 79.9. The Kier molecular flexibility index (Phi) is 2.75. The maximum Gasteiger partial charge on any atom is 0.163 e. The molecule has 4 unspecified atom stereocenters. The Balaban J connectivity index is 2.10. The Labute approximate surface area is 109 Å². The molecule has 3 heteroatoms. The van der Waals surface area contributed by atoms with Crippen molar-refractivity contribution in [2.75, 3.05) is 0 Å². The molecule has 0 aliphatic heterocycles. The first-order valence-electron chi connectivity index (χ1n) is 5.90. The Morgan fingerprint density at radius 3 is 3.00 bits per heavy atom. The van der Waals surface area contributed by atoms with Crippen molar-refractivity contribution in [1.82, 2.24) is 0 Å². The minimum absolute atomic E-state index is 0.0618. The van der Waals surface area contributed by atoms with E-state index in [4.69, 9.17) is 11.6 Å². The Bertz CT molecular complexity index is 399. The van der Waals surface area contributed by atoms with E-state index in [0.29, 0.717) is 23.1 Å². The summed E-state index contributed by atoms with van der Waals surface area (Å²) in [6.45, 7) is 0. The Hall–Kier alpha value is -0.0800. The van der Waals surface area contributed by atoms with Gasteiger partial charge in [-0.1, -0.05) is 28.1 Å². The summed E-state index contributed by atoms with van der Waals surface area (Å²) in [4.78, 5) is 12.5. The molecular weight excluding hydrogens is 287 g/mol. The van der Waals surface area contributed by atoms with Crippen LogP contribution in [-0.4, -0.2) is 16.0 Å². The lowest BCUT2D eigenvalue weighted by atomic mass is 9.66. The molecule has 86 valence electrons. The van der Waals surface area contributed by atoms with Gasteiger partial charge in [0.15, 0.2) is 5.78 Å². The Morgan fingerprint density at radius 1 is 1.38 bits per heavy atom. The fourth-order valence-corrected chi connectivity index (χ4v) is 4.46. The van der Waals surface area contributed by atoms with Gasteiger partial charge in [-0.05, 0) is 30.8 Å². The third-order valence-corrected chi connectivity index (χ3v) is 5.79. The van der Waals surface area contributed by atoms with Crippen molar-refractivity contribution in [1.29, 1.82) is 0 Å². The molecule has 0 amide bonds. The molecule has 16 heavy (non-hydrogen) atoms. The normalized spacial score (nSPS) is 42.2. The molecule has 0 N–H and O–H groups in total. The molecule has 3 aliphatic carbocycles. The minimum Gasteiger partial charge on any atom is -0.294 e. The summed E-state index contributed by atoms with van der Waals surface area (Å²) in [6, 6.07) is 0. The Morgan fingerprint density at radius 2 is 2.19 bits per heavy atom. The summed E-state index contributed by atoms with van der Waals surface area (Å²) in [6.07, 6.45) is 8.01. The molecule has 0 radical (unpaired) electrons. The van der Waals surface area contributed by atoms with Crippen LogP contribution in [0.25, 0.3) is 0 Å². The standard InChI is InChI=1S/C13H14BrClO/c14-10-5-4-7-6-9(10)12-8(13(7)15)2-1-3-11(12)16/h1-2,7,9-10,13H,3-6H2. The first-order valence-corrected chi connectivity index (χ1v) is 7.25. The second-order valence-corrected chi connectivity index (χ2v) is 6.64. The summed E-state index contributed by atoms with van der Waals surface area (Å²) >= 11 is 10.2. The average Bonchev–Trinajstić information content (AvgIpc) is 2.29. The third kappa shape index (κ3) is 1.53. The molecule has 1 saturated carbocycles. The zero-order valence-corrected chi connectivity index (χ0v) is 11.3. The van der Waals surface area contributed by atoms with Crippen molar-refractivity contribution in [2.45, 2.75) is 35.9 Å². The van der Waals surface area contributed by atoms with Crippen LogP contribution in [0.1, 0.15) is 25.7 Å². The van der Waals surface area contributed by atoms with Crippen LogP contribution in [-0.2, 0) is 4.79 Å². The van der Waals surface area contributed by atoms with Crippen LogP contribution in [0.3, 0.4) is 0 Å². The number of Topliss-reactive ketones (excluding diaryl/α,β-unsaturated/α-hetero) is 1. The number of rotatable bonds is 0. The van der Waals surface area contributed by atoms with E-state index in [1.165, 1.54) is 6.42 Å². The van der Waals surface area contributed by atoms with Crippen molar-refractivity contribution in [3.05, 3.63) is 23.3 Å². The highest BCUT2D eigenvalue weighted by Gasteiger charge is 2.43. The molecule has 3 aliphatic rings. The smallest absolute Gasteiger partial charge is 0.163 e. The van der Waals surface area contributed by atoms with E-state index in [1.54, 1.807) is 0 Å². The molecule has 0 spiro atoms. The summed E-state index contributed by atoms with van der Waals surface area (Å²) in [5.41, 5.74) is 2.14. The first-order chi connectivity index (χ1) is 7.68. The van der Waals surface area contributed by atoms with Gasteiger partial charge in [-0.2, -0.15) is 0 Å². The molecule has 0 heterocycles. The van der Waals surface area contributed by atoms with Crippen molar-refractivity contribution >= 4 is 33.3 Å². The summed E-state index contributed by atoms with van der Waals surface area (Å²) in [5.74, 6) is 1.26. The molecule has 4 atom stereocenters. The summed E-state index contributed by atoms with van der Waals surface area (Å²) in [5, 5.41) is 0.0618. The van der Waals surface area contributed by atoms with Gasteiger partial charge < -0.3 is 0 Å². The second kappa shape index (κ2) is 3.99. The average molecular weight is 302 g/mol. The lowest BCUT2D eigenvalue weighted by Gasteiger charge is -2.43. The number of fused-ring (bicyclic) bond motifs is 3. The molecule has 2 bridgehead atoms. The van der Waals surface area contributed by atoms with E-state index in [2.05, 4.69) is 22.0 Å². The molecule has 1 fully saturated rings. The molecular formula is C13H14BrClO. The van der Waals surface area contributed by atoms with Gasteiger partial charge in [0.25, 0.3) is 0 Å². The van der Waals surface area contributed by atoms with E-state index in [-0.39, 0.29) is 11.2 Å². The minimum atomic E-state index is 0.0618. The van der Waals surface area contributed by atoms with E-state index in [1.807, 2.05) is 6.08 Å². The number of hydrogen-bond acceptors (Lipinski definition) is 1. The number of alkyl halides is 2. The largest absolute Gasteiger partial charge is 0.294 e. The second-order valence-electron chi connectivity index (χ2n) is 5.00. The van der Waals surface area contributed by atoms with Gasteiger partial charge in [0, 0.05) is 22.7 Å². The SMILES string of the molecule is O=C1CC=CC2=C1C1CC(CCC1Br)C2Cl. The van der Waals surface area contributed by atoms with Gasteiger partial charge in [0.2, 0.25) is 0 Å². The highest BCUT2D eigenvalue weighted by Crippen LogP contribution is 2.49. The van der Waals surface area contributed by atoms with Crippen LogP contribution in [0.15, 0.2) is 23.3 Å². The number of allylic oxidation sites excluding steroid dienone is 4. The predicted molar refractivity (Wildman–Crippen MR) is 69.0 cm³/mol. The van der Waals surface area contributed by atoms with Gasteiger partial charge in [-0.15, -0.1) is 11.6 Å². The van der Waals surface area contributed by atoms with E-state index < -0.39 is 0 Å². The molecule has 1 nitrogen and oxygen atoms in total. The first kappa shape index (κ1) is 11.0. The van der Waals surface area contributed by atoms with Crippen molar-refractivity contribution in [3.8, 4) is 0 Å². The lowest BCUT2D eigenvalue weighted by molar-refractivity contribution is -0.115. The van der Waals surface area contributed by atoms with Gasteiger partial charge in [-0.3, -0.25) is 4.79 Å². The molecule has 0 saturated heterocycles. The third-order valence-electron chi connectivity index (χ3n) is 4.10. The van der Waals surface area contributed by atoms with E-state index in [0.717, 1.165) is 24.0 Å². The molecule has 0 aromatic carbocycles. The number of hydrogen-bond donors (Lipinski definition) is 0. The maximum absolute atomic E-state index is 12.0. The highest BCUT2D eigenvalue weighted by molar-refractivity contribution is 9.09. The van der Waals surface area contributed by atoms with E-state index in [9.17, 15) is 4.79 Å². The monoisotopic (exact) mass is 300 g/mol. The zero-order valence-electron chi connectivity index (χ0n) is 8.96. The van der Waals surface area contributed by atoms with Crippen molar-refractivity contribution < 1.29 is 4.79 Å².